The van der Waals surface area contributed by atoms with Crippen molar-refractivity contribution < 1.29 is 8.78 Å². The van der Waals surface area contributed by atoms with Gasteiger partial charge in [-0.2, -0.15) is 8.75 Å². The molecule has 0 spiro atoms. The predicted molar refractivity (Wildman–Crippen MR) is 362 cm³/mol. The van der Waals surface area contributed by atoms with Crippen molar-refractivity contribution in [2.24, 2.45) is 11.8 Å². The fourth-order valence-corrected chi connectivity index (χ4v) is 17.6. The molecule has 0 aliphatic carbocycles. The summed E-state index contributed by atoms with van der Waals surface area (Å²) in [5.74, 6) is -0.485. The number of aromatic nitrogens is 2. The first kappa shape index (κ1) is 67.8. The second kappa shape index (κ2) is 36.0. The number of halogens is 2. The van der Waals surface area contributed by atoms with Crippen molar-refractivity contribution >= 4 is 68.1 Å². The van der Waals surface area contributed by atoms with E-state index in [-0.39, 0.29) is 22.0 Å². The van der Waals surface area contributed by atoms with Crippen LogP contribution in [0.5, 0.6) is 0 Å². The molecule has 2 nitrogen and oxygen atoms in total. The highest BCUT2D eigenvalue weighted by Gasteiger charge is 2.31. The zero-order chi connectivity index (χ0) is 58.0. The minimum absolute atomic E-state index is 0.0181. The third-order valence-electron chi connectivity index (χ3n) is 17.2. The van der Waals surface area contributed by atoms with Gasteiger partial charge >= 0.3 is 0 Å². The van der Waals surface area contributed by atoms with Crippen molar-refractivity contribution in [2.45, 2.75) is 311 Å². The van der Waals surface area contributed by atoms with Crippen LogP contribution >= 0.6 is 57.1 Å². The number of unbranched alkanes of at least 4 members (excludes halogenated alkanes) is 26. The van der Waals surface area contributed by atoms with Gasteiger partial charge in [-0.25, -0.2) is 8.78 Å². The molecule has 0 fully saturated rings. The molecule has 452 valence electrons. The lowest BCUT2D eigenvalue weighted by molar-refractivity contribution is 0.400. The summed E-state index contributed by atoms with van der Waals surface area (Å²) in [6, 6.07) is 13.6. The van der Waals surface area contributed by atoms with Crippen molar-refractivity contribution in [1.29, 1.82) is 0 Å². The van der Waals surface area contributed by atoms with Crippen molar-refractivity contribution in [2.75, 3.05) is 0 Å². The Labute approximate surface area is 514 Å². The number of nitrogens with zero attached hydrogens (tertiary/aromatic N) is 2. The number of benzene rings is 1. The van der Waals surface area contributed by atoms with Gasteiger partial charge in [0.25, 0.3) is 0 Å². The van der Waals surface area contributed by atoms with Crippen molar-refractivity contribution in [1.82, 2.24) is 8.75 Å². The molecule has 0 saturated carbocycles. The Morgan fingerprint density at radius 1 is 0.370 bits per heavy atom. The summed E-state index contributed by atoms with van der Waals surface area (Å²) in [6.07, 6.45) is 46.3. The van der Waals surface area contributed by atoms with Gasteiger partial charge in [-0.3, -0.25) is 0 Å². The molecule has 0 bridgehead atoms. The minimum Gasteiger partial charge on any atom is -0.203 e. The predicted octanol–water partition coefficient (Wildman–Crippen LogP) is 27.1. The monoisotopic (exact) mass is 1200 g/mol. The van der Waals surface area contributed by atoms with Crippen LogP contribution in [-0.2, 0) is 23.7 Å². The smallest absolute Gasteiger partial charge is 0.170 e. The number of hydrogen-bond acceptors (Lipinski definition) is 7. The highest BCUT2D eigenvalue weighted by Crippen LogP contribution is 2.51. The molecule has 5 heterocycles. The Morgan fingerprint density at radius 3 is 0.926 bits per heavy atom. The first-order valence-corrected chi connectivity index (χ1v) is 37.3. The van der Waals surface area contributed by atoms with Gasteiger partial charge in [0.15, 0.2) is 11.6 Å². The van der Waals surface area contributed by atoms with E-state index < -0.39 is 11.6 Å². The Kier molecular flexibility index (Phi) is 30.1. The third-order valence-corrected chi connectivity index (χ3v) is 23.5. The normalized spacial score (nSPS) is 12.8. The summed E-state index contributed by atoms with van der Waals surface area (Å²) in [4.78, 5) is 9.10. The fraction of sp³-hybridized carbons (Fsp3) is 0.694. The molecule has 0 N–H and O–H groups in total. The Morgan fingerprint density at radius 2 is 0.654 bits per heavy atom. The van der Waals surface area contributed by atoms with Gasteiger partial charge < -0.3 is 0 Å². The van der Waals surface area contributed by atoms with Gasteiger partial charge in [-0.05, 0) is 83.0 Å². The van der Waals surface area contributed by atoms with Gasteiger partial charge in [0, 0.05) is 39.0 Å². The van der Waals surface area contributed by atoms with E-state index in [0.29, 0.717) is 22.9 Å². The molecule has 81 heavy (non-hydrogen) atoms. The quantitative estimate of drug-likeness (QED) is 0.0357. The zero-order valence-corrected chi connectivity index (χ0v) is 56.8. The van der Waals surface area contributed by atoms with Crippen LogP contribution in [0.3, 0.4) is 0 Å². The lowest BCUT2D eigenvalue weighted by atomic mass is 9.88. The molecule has 9 heteroatoms. The summed E-state index contributed by atoms with van der Waals surface area (Å²) in [5, 5.41) is 0. The van der Waals surface area contributed by atoms with Gasteiger partial charge in [0.1, 0.15) is 11.0 Å². The molecule has 1 unspecified atom stereocenters. The number of hydrogen-bond donors (Lipinski definition) is 0. The summed E-state index contributed by atoms with van der Waals surface area (Å²) < 4.78 is 45.3. The average Bonchev–Trinajstić information content (AvgIpc) is 4.31. The summed E-state index contributed by atoms with van der Waals surface area (Å²) in [7, 11) is 0. The van der Waals surface area contributed by atoms with Gasteiger partial charge in [0.05, 0.1) is 22.9 Å². The van der Waals surface area contributed by atoms with Crippen molar-refractivity contribution in [3.05, 3.63) is 68.9 Å². The average molecular weight is 1200 g/mol. The second-order valence-electron chi connectivity index (χ2n) is 26.6. The maximum Gasteiger partial charge on any atom is 0.170 e. The van der Waals surface area contributed by atoms with Gasteiger partial charge in [-0.15, -0.1) is 45.3 Å². The molecule has 0 aliphatic rings. The van der Waals surface area contributed by atoms with E-state index in [4.69, 9.17) is 8.75 Å². The zero-order valence-electron chi connectivity index (χ0n) is 52.8. The largest absolute Gasteiger partial charge is 0.203 e. The molecular formula is C72H110F2N2S5. The first-order valence-electron chi connectivity index (χ1n) is 33.3. The molecule has 0 radical (unpaired) electrons. The minimum atomic E-state index is -0.793. The molecule has 1 aromatic carbocycles. The van der Waals surface area contributed by atoms with Crippen LogP contribution in [0.25, 0.3) is 51.4 Å². The van der Waals surface area contributed by atoms with Crippen LogP contribution < -0.4 is 0 Å². The Bertz CT molecular complexity index is 2640. The molecule has 0 aliphatic heterocycles. The molecule has 6 aromatic rings. The summed E-state index contributed by atoms with van der Waals surface area (Å²) >= 11 is 8.10. The lowest BCUT2D eigenvalue weighted by Gasteiger charge is -2.18. The molecule has 5 aromatic heterocycles. The van der Waals surface area contributed by atoms with E-state index >= 15 is 8.78 Å². The van der Waals surface area contributed by atoms with Crippen LogP contribution in [0, 0.1) is 23.5 Å². The highest BCUT2D eigenvalue weighted by molar-refractivity contribution is 7.25. The Balaban J connectivity index is 1.36. The van der Waals surface area contributed by atoms with E-state index in [2.05, 4.69) is 106 Å². The Hall–Kier alpha value is -2.30. The molecule has 0 saturated heterocycles. The molecule has 0 amide bonds. The van der Waals surface area contributed by atoms with Crippen LogP contribution in [0.2, 0.25) is 0 Å². The number of thiophene rings is 4. The lowest BCUT2D eigenvalue weighted by Crippen LogP contribution is -2.07. The van der Waals surface area contributed by atoms with Crippen LogP contribution in [0.1, 0.15) is 308 Å². The second-order valence-corrected chi connectivity index (χ2v) is 31.4. The van der Waals surface area contributed by atoms with Crippen LogP contribution in [0.4, 0.5) is 8.78 Å². The van der Waals surface area contributed by atoms with Crippen molar-refractivity contribution in [3.8, 4) is 40.4 Å². The number of rotatable bonds is 42. The molecular weight excluding hydrogens is 1090 g/mol. The third kappa shape index (κ3) is 21.6. The fourth-order valence-electron chi connectivity index (χ4n) is 12.2. The van der Waals surface area contributed by atoms with E-state index in [1.165, 1.54) is 259 Å². The molecule has 6 rings (SSSR count). The van der Waals surface area contributed by atoms with Crippen molar-refractivity contribution in [3.63, 3.8) is 0 Å². The summed E-state index contributed by atoms with van der Waals surface area (Å²) in [6.45, 7) is 22.9. The first-order chi connectivity index (χ1) is 39.2. The SMILES string of the molecule is CCCCCCCCCCC(CCCCCCCC)Cc1cc(-c2c(F)c(F)c(-c3cc(CC(CCCCCCCCCC)CCCCCCCCCC)c(-c4ccc(C(C)(C)C)s4)s3)c3nsnc23)sc1-c1ccc(C(C)(C)C)s1. The van der Waals surface area contributed by atoms with Gasteiger partial charge in [0.2, 0.25) is 0 Å². The van der Waals surface area contributed by atoms with Crippen LogP contribution in [-0.4, -0.2) is 8.75 Å². The summed E-state index contributed by atoms with van der Waals surface area (Å²) in [5.41, 5.74) is 4.13. The van der Waals surface area contributed by atoms with E-state index in [9.17, 15) is 0 Å². The maximum atomic E-state index is 17.8. The van der Waals surface area contributed by atoms with Gasteiger partial charge in [-0.1, -0.05) is 288 Å². The maximum absolute atomic E-state index is 17.8. The van der Waals surface area contributed by atoms with Crippen LogP contribution in [0.15, 0.2) is 36.4 Å². The number of fused-ring (bicyclic) bond motifs is 1. The topological polar surface area (TPSA) is 25.8 Å². The standard InChI is InChI=1S/C72H110F2N2S5/c1-11-15-19-23-27-30-34-38-42-53(41-37-33-26-22-18-14-4)49-55-51-59(79-69(55)57-45-47-61(77-57)71(5,6)7)63-65(73)66(74)64(68-67(63)75-81-76-68)60-52-56(70(80-60)58-46-48-62(78-58)72(8,9)10)50-54(43-39-35-31-28-24-20-16-12-2)44-40-36-32-29-25-21-17-13-3/h45-48,51-54H,11-44,49-50H2,1-10H3. The van der Waals surface area contributed by atoms with E-state index in [1.807, 2.05) is 22.7 Å². The molecule has 1 atom stereocenters. The van der Waals surface area contributed by atoms with E-state index in [1.54, 1.807) is 22.7 Å². The highest BCUT2D eigenvalue weighted by atomic mass is 32.1. The van der Waals surface area contributed by atoms with E-state index in [0.717, 1.165) is 34.3 Å².